The third-order valence-corrected chi connectivity index (χ3v) is 3.35. The Balaban J connectivity index is 1.78. The maximum atomic E-state index is 11.8. The molecule has 0 aliphatic rings. The average molecular weight is 327 g/mol. The Morgan fingerprint density at radius 1 is 1.00 bits per heavy atom. The highest BCUT2D eigenvalue weighted by molar-refractivity contribution is 5.95. The maximum Gasteiger partial charge on any atom is 0.276 e. The number of pyridine rings is 1. The van der Waals surface area contributed by atoms with Crippen molar-refractivity contribution in [3.05, 3.63) is 59.9 Å². The molecule has 2 N–H and O–H groups in total. The standard InChI is InChI=1S/C18H21N3O3/c1-18(2,3)14-4-6-15(7-5-14)24-12-16(22)20-21-17(23)13-8-10-19-11-9-13/h4-11H,12H2,1-3H3,(H,20,22)(H,21,23). The van der Waals surface area contributed by atoms with Gasteiger partial charge >= 0.3 is 0 Å². The van der Waals surface area contributed by atoms with Crippen LogP contribution in [0.2, 0.25) is 0 Å². The van der Waals surface area contributed by atoms with Crippen molar-refractivity contribution >= 4 is 11.8 Å². The Labute approximate surface area is 141 Å². The van der Waals surface area contributed by atoms with Crippen LogP contribution in [0.5, 0.6) is 5.75 Å². The molecule has 1 aromatic heterocycles. The van der Waals surface area contributed by atoms with Crippen molar-refractivity contribution in [2.24, 2.45) is 0 Å². The molecule has 0 radical (unpaired) electrons. The van der Waals surface area contributed by atoms with E-state index in [4.69, 9.17) is 4.74 Å². The fraction of sp³-hybridized carbons (Fsp3) is 0.278. The summed E-state index contributed by atoms with van der Waals surface area (Å²) in [5, 5.41) is 0. The van der Waals surface area contributed by atoms with E-state index < -0.39 is 11.8 Å². The zero-order chi connectivity index (χ0) is 17.6. The minimum absolute atomic E-state index is 0.0626. The molecule has 6 nitrogen and oxygen atoms in total. The molecule has 2 amide bonds. The molecule has 6 heteroatoms. The minimum atomic E-state index is -0.447. The van der Waals surface area contributed by atoms with Crippen LogP contribution in [0.25, 0.3) is 0 Å². The molecule has 0 unspecified atom stereocenters. The molecule has 0 spiro atoms. The number of amides is 2. The summed E-state index contributed by atoms with van der Waals surface area (Å²) in [6.07, 6.45) is 3.00. The average Bonchev–Trinajstić information content (AvgIpc) is 2.58. The molecular weight excluding hydrogens is 306 g/mol. The first kappa shape index (κ1) is 17.5. The summed E-state index contributed by atoms with van der Waals surface area (Å²) in [7, 11) is 0. The van der Waals surface area contributed by atoms with Gasteiger partial charge in [-0.15, -0.1) is 0 Å². The first-order valence-electron chi connectivity index (χ1n) is 7.59. The van der Waals surface area contributed by atoms with Crippen molar-refractivity contribution in [1.82, 2.24) is 15.8 Å². The number of nitrogens with zero attached hydrogens (tertiary/aromatic N) is 1. The molecule has 0 aliphatic heterocycles. The van der Waals surface area contributed by atoms with Gasteiger partial charge in [0.05, 0.1) is 0 Å². The molecule has 0 bridgehead atoms. The Bertz CT molecular complexity index is 692. The zero-order valence-electron chi connectivity index (χ0n) is 14.0. The Morgan fingerprint density at radius 3 is 2.21 bits per heavy atom. The molecule has 0 fully saturated rings. The summed E-state index contributed by atoms with van der Waals surface area (Å²) in [6.45, 7) is 6.19. The van der Waals surface area contributed by atoms with Crippen LogP contribution in [0.15, 0.2) is 48.8 Å². The van der Waals surface area contributed by atoms with Crippen LogP contribution in [-0.2, 0) is 10.2 Å². The number of rotatable bonds is 4. The maximum absolute atomic E-state index is 11.8. The summed E-state index contributed by atoms with van der Waals surface area (Å²) < 4.78 is 5.40. The number of hydrogen-bond donors (Lipinski definition) is 2. The predicted octanol–water partition coefficient (Wildman–Crippen LogP) is 2.22. The van der Waals surface area contributed by atoms with Gasteiger partial charge in [-0.05, 0) is 35.2 Å². The Kier molecular flexibility index (Phi) is 5.52. The summed E-state index contributed by atoms with van der Waals surface area (Å²) in [4.78, 5) is 27.3. The molecule has 0 atom stereocenters. The highest BCUT2D eigenvalue weighted by atomic mass is 16.5. The second kappa shape index (κ2) is 7.59. The van der Waals surface area contributed by atoms with E-state index in [-0.39, 0.29) is 12.0 Å². The molecule has 1 aromatic carbocycles. The van der Waals surface area contributed by atoms with Gasteiger partial charge in [-0.2, -0.15) is 0 Å². The van der Waals surface area contributed by atoms with Crippen LogP contribution in [0.1, 0.15) is 36.7 Å². The number of benzene rings is 1. The lowest BCUT2D eigenvalue weighted by atomic mass is 9.87. The molecular formula is C18H21N3O3. The molecule has 0 saturated heterocycles. The van der Waals surface area contributed by atoms with Gasteiger partial charge in [-0.25, -0.2) is 0 Å². The van der Waals surface area contributed by atoms with Gasteiger partial charge in [-0.1, -0.05) is 32.9 Å². The number of carbonyl (C=O) groups is 2. The number of carbonyl (C=O) groups excluding carboxylic acids is 2. The third-order valence-electron chi connectivity index (χ3n) is 3.35. The zero-order valence-corrected chi connectivity index (χ0v) is 14.0. The number of aromatic nitrogens is 1. The number of hydrogen-bond acceptors (Lipinski definition) is 4. The summed E-state index contributed by atoms with van der Waals surface area (Å²) >= 11 is 0. The van der Waals surface area contributed by atoms with Crippen LogP contribution in [-0.4, -0.2) is 23.4 Å². The van der Waals surface area contributed by atoms with Gasteiger partial charge in [0.25, 0.3) is 11.8 Å². The summed E-state index contributed by atoms with van der Waals surface area (Å²) in [5.74, 6) is -0.267. The molecule has 0 aliphatic carbocycles. The molecule has 24 heavy (non-hydrogen) atoms. The van der Waals surface area contributed by atoms with Crippen LogP contribution < -0.4 is 15.6 Å². The van der Waals surface area contributed by atoms with E-state index in [1.807, 2.05) is 24.3 Å². The predicted molar refractivity (Wildman–Crippen MR) is 90.5 cm³/mol. The summed E-state index contributed by atoms with van der Waals surface area (Å²) in [6, 6.07) is 10.7. The van der Waals surface area contributed by atoms with E-state index in [1.165, 1.54) is 18.0 Å². The van der Waals surface area contributed by atoms with Crippen LogP contribution in [0.4, 0.5) is 0 Å². The fourth-order valence-electron chi connectivity index (χ4n) is 1.94. The lowest BCUT2D eigenvalue weighted by molar-refractivity contribution is -0.123. The third kappa shape index (κ3) is 5.08. The SMILES string of the molecule is CC(C)(C)c1ccc(OCC(=O)NNC(=O)c2ccncc2)cc1. The first-order chi connectivity index (χ1) is 11.4. The lowest BCUT2D eigenvalue weighted by Crippen LogP contribution is -2.43. The summed E-state index contributed by atoms with van der Waals surface area (Å²) in [5.41, 5.74) is 6.27. The highest BCUT2D eigenvalue weighted by Gasteiger charge is 2.13. The second-order valence-electron chi connectivity index (χ2n) is 6.30. The van der Waals surface area contributed by atoms with Crippen LogP contribution >= 0.6 is 0 Å². The van der Waals surface area contributed by atoms with Gasteiger partial charge in [-0.3, -0.25) is 25.4 Å². The van der Waals surface area contributed by atoms with Gasteiger partial charge in [0, 0.05) is 18.0 Å². The highest BCUT2D eigenvalue weighted by Crippen LogP contribution is 2.24. The molecule has 2 aromatic rings. The van der Waals surface area contributed by atoms with Crippen LogP contribution in [0, 0.1) is 0 Å². The van der Waals surface area contributed by atoms with Crippen molar-refractivity contribution in [2.45, 2.75) is 26.2 Å². The van der Waals surface area contributed by atoms with Gasteiger partial charge in [0.15, 0.2) is 6.61 Å². The van der Waals surface area contributed by atoms with E-state index in [2.05, 4.69) is 36.6 Å². The van der Waals surface area contributed by atoms with E-state index in [1.54, 1.807) is 12.1 Å². The Morgan fingerprint density at radius 2 is 1.62 bits per heavy atom. The number of nitrogens with one attached hydrogen (secondary N) is 2. The second-order valence-corrected chi connectivity index (χ2v) is 6.30. The van der Waals surface area contributed by atoms with Gasteiger partial charge < -0.3 is 4.74 Å². The quantitative estimate of drug-likeness (QED) is 0.844. The minimum Gasteiger partial charge on any atom is -0.484 e. The van der Waals surface area contributed by atoms with Crippen LogP contribution in [0.3, 0.4) is 0 Å². The molecule has 126 valence electrons. The van der Waals surface area contributed by atoms with E-state index in [0.717, 1.165) is 0 Å². The molecule has 0 saturated carbocycles. The van der Waals surface area contributed by atoms with Crippen molar-refractivity contribution in [3.8, 4) is 5.75 Å². The molecule has 1 heterocycles. The Hall–Kier alpha value is -2.89. The monoisotopic (exact) mass is 327 g/mol. The normalized spacial score (nSPS) is 10.8. The topological polar surface area (TPSA) is 80.3 Å². The fourth-order valence-corrected chi connectivity index (χ4v) is 1.94. The first-order valence-corrected chi connectivity index (χ1v) is 7.59. The van der Waals surface area contributed by atoms with Crippen molar-refractivity contribution in [2.75, 3.05) is 6.61 Å². The van der Waals surface area contributed by atoms with Crippen molar-refractivity contribution < 1.29 is 14.3 Å². The van der Waals surface area contributed by atoms with E-state index >= 15 is 0 Å². The van der Waals surface area contributed by atoms with E-state index in [9.17, 15) is 9.59 Å². The number of hydrazine groups is 1. The van der Waals surface area contributed by atoms with Gasteiger partial charge in [0.2, 0.25) is 0 Å². The van der Waals surface area contributed by atoms with Crippen molar-refractivity contribution in [3.63, 3.8) is 0 Å². The van der Waals surface area contributed by atoms with E-state index in [0.29, 0.717) is 11.3 Å². The van der Waals surface area contributed by atoms with Gasteiger partial charge in [0.1, 0.15) is 5.75 Å². The lowest BCUT2D eigenvalue weighted by Gasteiger charge is -2.19. The smallest absolute Gasteiger partial charge is 0.276 e. The number of ether oxygens (including phenoxy) is 1. The molecule has 2 rings (SSSR count). The largest absolute Gasteiger partial charge is 0.484 e. The van der Waals surface area contributed by atoms with Crippen molar-refractivity contribution in [1.29, 1.82) is 0 Å².